The summed E-state index contributed by atoms with van der Waals surface area (Å²) in [6, 6.07) is 3.50. The van der Waals surface area contributed by atoms with Gasteiger partial charge >= 0.3 is 0 Å². The molecule has 0 aromatic heterocycles. The molecule has 3 atom stereocenters. The summed E-state index contributed by atoms with van der Waals surface area (Å²) >= 11 is 0. The quantitative estimate of drug-likeness (QED) is 0.0587. The molecule has 0 radical (unpaired) electrons. The van der Waals surface area contributed by atoms with Gasteiger partial charge in [-0.1, -0.05) is 132 Å². The first-order valence-corrected chi connectivity index (χ1v) is 21.3. The minimum Gasteiger partial charge on any atom is -0.414 e. The predicted octanol–water partition coefficient (Wildman–Crippen LogP) is 11.5. The van der Waals surface area contributed by atoms with Gasteiger partial charge in [0.2, 0.25) is 0 Å². The number of carbonyl (C=O) groups excluding carboxylic acids is 1. The summed E-state index contributed by atoms with van der Waals surface area (Å²) < 4.78 is 6.80. The molecular weight excluding hydrogens is 633 g/mol. The Balaban J connectivity index is 1.94. The molecule has 0 aliphatic heterocycles. The average Bonchev–Trinajstić information content (AvgIpc) is 3.01. The Kier molecular flexibility index (Phi) is 16.6. The summed E-state index contributed by atoms with van der Waals surface area (Å²) in [6.45, 7) is 25.3. The van der Waals surface area contributed by atoms with E-state index in [4.69, 9.17) is 4.43 Å². The topological polar surface area (TPSA) is 66.8 Å². The van der Waals surface area contributed by atoms with Crippen molar-refractivity contribution >= 4 is 14.1 Å². The van der Waals surface area contributed by atoms with Gasteiger partial charge in [-0.2, -0.15) is 0 Å². The fourth-order valence-corrected chi connectivity index (χ4v) is 10.2. The van der Waals surface area contributed by atoms with Crippen LogP contribution in [0.25, 0.3) is 0 Å². The van der Waals surface area contributed by atoms with Crippen LogP contribution in [0.3, 0.4) is 0 Å². The SMILES string of the molecule is CC[Si](CC)(CC)O[C@@H]1CC=C(CC(=O)/C(C)=C/C=C/C(C)=C/C=C/C=C(C)/C=C\C=C(/C)C=C=C2C(C)(C)C[C@H](O)C[C@@]2(C)O)C(C)(C)C1. The van der Waals surface area contributed by atoms with Crippen LogP contribution in [0.4, 0.5) is 0 Å². The van der Waals surface area contributed by atoms with E-state index in [2.05, 4.69) is 78.5 Å². The lowest BCUT2D eigenvalue weighted by Crippen LogP contribution is -2.45. The molecule has 0 amide bonds. The van der Waals surface area contributed by atoms with E-state index in [1.807, 2.05) is 76.3 Å². The lowest BCUT2D eigenvalue weighted by atomic mass is 9.65. The zero-order valence-corrected chi connectivity index (χ0v) is 34.5. The molecule has 0 aromatic carbocycles. The highest BCUT2D eigenvalue weighted by Gasteiger charge is 2.44. The highest BCUT2D eigenvalue weighted by Crippen LogP contribution is 2.45. The maximum Gasteiger partial charge on any atom is 0.192 e. The molecule has 0 spiro atoms. The van der Waals surface area contributed by atoms with Gasteiger partial charge in [-0.3, -0.25) is 4.79 Å². The van der Waals surface area contributed by atoms with Crippen molar-refractivity contribution in [1.29, 1.82) is 0 Å². The van der Waals surface area contributed by atoms with Crippen LogP contribution in [0.5, 0.6) is 0 Å². The van der Waals surface area contributed by atoms with Crippen LogP contribution < -0.4 is 0 Å². The van der Waals surface area contributed by atoms with Crippen LogP contribution in [-0.2, 0) is 9.22 Å². The molecule has 1 fully saturated rings. The zero-order chi connectivity index (χ0) is 37.8. The number of aliphatic hydroxyl groups is 2. The maximum absolute atomic E-state index is 13.1. The summed E-state index contributed by atoms with van der Waals surface area (Å²) in [5, 5.41) is 21.0. The number of aliphatic hydroxyl groups excluding tert-OH is 1. The molecular formula is C45H68O4Si. The Hall–Kier alpha value is -2.79. The molecule has 0 saturated heterocycles. The molecule has 276 valence electrons. The molecule has 0 aromatic rings. The molecule has 0 heterocycles. The van der Waals surface area contributed by atoms with Crippen molar-refractivity contribution in [1.82, 2.24) is 0 Å². The molecule has 50 heavy (non-hydrogen) atoms. The average molecular weight is 701 g/mol. The number of allylic oxidation sites excluding steroid dienone is 15. The Morgan fingerprint density at radius 1 is 0.820 bits per heavy atom. The number of carbonyl (C=O) groups is 1. The van der Waals surface area contributed by atoms with Crippen LogP contribution in [0.2, 0.25) is 18.1 Å². The molecule has 0 unspecified atom stereocenters. The second kappa shape index (κ2) is 19.2. The summed E-state index contributed by atoms with van der Waals surface area (Å²) in [7, 11) is -1.65. The minimum atomic E-state index is -1.65. The molecule has 2 rings (SSSR count). The molecule has 4 nitrogen and oxygen atoms in total. The van der Waals surface area contributed by atoms with E-state index in [1.54, 1.807) is 6.92 Å². The normalized spacial score (nSPS) is 25.4. The van der Waals surface area contributed by atoms with Crippen LogP contribution in [-0.4, -0.2) is 42.1 Å². The van der Waals surface area contributed by atoms with Crippen molar-refractivity contribution in [3.8, 4) is 0 Å². The summed E-state index contributed by atoms with van der Waals surface area (Å²) in [6.07, 6.45) is 27.5. The van der Waals surface area contributed by atoms with Gasteiger partial charge in [-0.25, -0.2) is 0 Å². The van der Waals surface area contributed by atoms with Crippen molar-refractivity contribution in [2.75, 3.05) is 0 Å². The van der Waals surface area contributed by atoms with Gasteiger partial charge in [-0.05, 0) is 100 Å². The highest BCUT2D eigenvalue weighted by molar-refractivity contribution is 6.73. The molecule has 5 heteroatoms. The number of ketones is 1. The number of hydrogen-bond donors (Lipinski definition) is 2. The second-order valence-corrected chi connectivity index (χ2v) is 20.9. The van der Waals surface area contributed by atoms with Crippen molar-refractivity contribution in [3.63, 3.8) is 0 Å². The second-order valence-electron chi connectivity index (χ2n) is 16.2. The fourth-order valence-electron chi connectivity index (χ4n) is 7.35. The van der Waals surface area contributed by atoms with Crippen LogP contribution in [0.15, 0.2) is 112 Å². The van der Waals surface area contributed by atoms with Crippen LogP contribution >= 0.6 is 0 Å². The maximum atomic E-state index is 13.1. The predicted molar refractivity (Wildman–Crippen MR) is 216 cm³/mol. The third-order valence-electron chi connectivity index (χ3n) is 10.7. The Morgan fingerprint density at radius 3 is 1.88 bits per heavy atom. The van der Waals surface area contributed by atoms with Gasteiger partial charge < -0.3 is 14.6 Å². The smallest absolute Gasteiger partial charge is 0.192 e. The van der Waals surface area contributed by atoms with Gasteiger partial charge in [0, 0.05) is 24.5 Å². The van der Waals surface area contributed by atoms with E-state index in [0.717, 1.165) is 40.7 Å². The number of Topliss-reactive ketones (excluding diaryl/α,β-unsaturated/α-hetero) is 1. The lowest BCUT2D eigenvalue weighted by Gasteiger charge is -2.43. The Morgan fingerprint density at radius 2 is 1.36 bits per heavy atom. The Bertz CT molecular complexity index is 1460. The minimum absolute atomic E-state index is 0.0360. The number of hydrogen-bond acceptors (Lipinski definition) is 4. The van der Waals surface area contributed by atoms with Gasteiger partial charge in [0.15, 0.2) is 14.1 Å². The number of rotatable bonds is 15. The third kappa shape index (κ3) is 13.4. The molecule has 1 saturated carbocycles. The van der Waals surface area contributed by atoms with Crippen LogP contribution in [0, 0.1) is 10.8 Å². The first kappa shape index (κ1) is 43.4. The standard InChI is InChI=1S/C45H68O4Si/c1-13-50(14-2,15-3)49-40-28-27-38(43(8,9)33-40)30-41(47)37(7)25-19-24-35(5)21-17-16-20-34(4)22-18-23-36(6)26-29-42-44(10,11)31-39(46)32-45(42,12)48/h16-27,39-40,46,48H,13-15,28,30-33H2,1-12H3/b17-16+,22-18-,24-19+,34-20+,35-21+,36-23+,37-25+/t29?,39-,40+,45+/m0/s1. The van der Waals surface area contributed by atoms with Gasteiger partial charge in [0.05, 0.1) is 11.7 Å². The van der Waals surface area contributed by atoms with Gasteiger partial charge in [0.25, 0.3) is 0 Å². The summed E-state index contributed by atoms with van der Waals surface area (Å²) in [5.41, 5.74) is 8.03. The van der Waals surface area contributed by atoms with E-state index >= 15 is 0 Å². The molecule has 2 aliphatic rings. The monoisotopic (exact) mass is 700 g/mol. The fraction of sp³-hybridized carbons (Fsp3) is 0.556. The largest absolute Gasteiger partial charge is 0.414 e. The lowest BCUT2D eigenvalue weighted by molar-refractivity contribution is -0.115. The van der Waals surface area contributed by atoms with Crippen LogP contribution in [0.1, 0.15) is 115 Å². The third-order valence-corrected chi connectivity index (χ3v) is 15.4. The van der Waals surface area contributed by atoms with Gasteiger partial charge in [0.1, 0.15) is 0 Å². The zero-order valence-electron chi connectivity index (χ0n) is 33.5. The molecule has 2 N–H and O–H groups in total. The van der Waals surface area contributed by atoms with E-state index in [0.29, 0.717) is 19.3 Å². The van der Waals surface area contributed by atoms with E-state index in [1.165, 1.54) is 23.7 Å². The van der Waals surface area contributed by atoms with Crippen molar-refractivity contribution < 1.29 is 19.4 Å². The van der Waals surface area contributed by atoms with Crippen molar-refractivity contribution in [2.45, 2.75) is 151 Å². The first-order chi connectivity index (χ1) is 23.3. The molecule has 2 aliphatic carbocycles. The highest BCUT2D eigenvalue weighted by atomic mass is 28.4. The summed E-state index contributed by atoms with van der Waals surface area (Å²) in [4.78, 5) is 13.1. The van der Waals surface area contributed by atoms with Crippen molar-refractivity contribution in [3.05, 3.63) is 112 Å². The van der Waals surface area contributed by atoms with Gasteiger partial charge in [-0.15, -0.1) is 5.73 Å². The van der Waals surface area contributed by atoms with Crippen molar-refractivity contribution in [2.24, 2.45) is 10.8 Å². The summed E-state index contributed by atoms with van der Waals surface area (Å²) in [5.74, 6) is 0.183. The Labute approximate surface area is 306 Å². The first-order valence-electron chi connectivity index (χ1n) is 18.8. The van der Waals surface area contributed by atoms with E-state index in [-0.39, 0.29) is 22.7 Å². The van der Waals surface area contributed by atoms with E-state index < -0.39 is 20.0 Å². The molecule has 0 bridgehead atoms. The van der Waals surface area contributed by atoms with E-state index in [9.17, 15) is 15.0 Å².